The van der Waals surface area contributed by atoms with Crippen LogP contribution in [0.1, 0.15) is 0 Å². The van der Waals surface area contributed by atoms with Gasteiger partial charge in [-0.15, -0.1) is 99.7 Å². The molecule has 0 unspecified atom stereocenters. The van der Waals surface area contributed by atoms with E-state index in [9.17, 15) is 0 Å². The first-order chi connectivity index (χ1) is 7.10. The average Bonchev–Trinajstić information content (AvgIpc) is 1.69. The van der Waals surface area contributed by atoms with Crippen LogP contribution in [0.4, 0.5) is 0 Å². The third-order valence-corrected chi connectivity index (χ3v) is 68.9. The Morgan fingerprint density at radius 1 is 0.529 bits per heavy atom. The number of hydrogen-bond acceptors (Lipinski definition) is 0. The molecule has 0 amide bonds. The van der Waals surface area contributed by atoms with Crippen LogP contribution < -0.4 is 0 Å². The van der Waals surface area contributed by atoms with E-state index in [1.54, 1.807) is 0 Å². The Balaban J connectivity index is 0. The Kier molecular flexibility index (Phi) is 14.1. The molecule has 0 saturated carbocycles. The van der Waals surface area contributed by atoms with E-state index in [0.717, 1.165) is 0 Å². The minimum atomic E-state index is -3.21. The molecule has 0 aromatic heterocycles. The van der Waals surface area contributed by atoms with Crippen molar-refractivity contribution in [1.82, 2.24) is 0 Å². The van der Waals surface area contributed by atoms with Gasteiger partial charge >= 0.3 is 58.2 Å². The Bertz CT molecular complexity index is 172. The first-order valence-electron chi connectivity index (χ1n) is 3.02. The first kappa shape index (κ1) is 24.1. The van der Waals surface area contributed by atoms with Crippen LogP contribution in [0.2, 0.25) is 0 Å². The van der Waals surface area contributed by atoms with E-state index in [-0.39, 0.29) is 0 Å². The molecule has 0 rings (SSSR count). The average molecular weight is 610 g/mol. The molecule has 0 fully saturated rings. The maximum absolute atomic E-state index is 5.75. The Morgan fingerprint density at radius 3 is 0.647 bits per heavy atom. The molecule has 17 heavy (non-hydrogen) atoms. The summed E-state index contributed by atoms with van der Waals surface area (Å²) in [6, 6.07) is 0. The molecule has 0 atom stereocenters. The predicted octanol–water partition coefficient (Wildman–Crippen LogP) is 6.37. The number of hydrogen-bond donors (Lipinski definition) is 0. The van der Waals surface area contributed by atoms with Gasteiger partial charge < -0.3 is 0 Å². The van der Waals surface area contributed by atoms with Gasteiger partial charge in [0.1, 0.15) is 0 Å². The van der Waals surface area contributed by atoms with Crippen molar-refractivity contribution < 1.29 is 0 Å². The van der Waals surface area contributed by atoms with Gasteiger partial charge in [0.15, 0.2) is 7.35 Å². The summed E-state index contributed by atoms with van der Waals surface area (Å²) in [6.45, 7) is 0. The van der Waals surface area contributed by atoms with E-state index in [4.69, 9.17) is 130 Å². The second-order valence-corrected chi connectivity index (χ2v) is 60.5. The summed E-state index contributed by atoms with van der Waals surface area (Å²) in [5.41, 5.74) is -9.62. The van der Waals surface area contributed by atoms with Crippen LogP contribution in [0.5, 0.6) is 0 Å². The van der Waals surface area contributed by atoms with Crippen LogP contribution in [-0.2, 0) is 0 Å². The zero-order chi connectivity index (χ0) is 14.7. The van der Waals surface area contributed by atoms with Gasteiger partial charge in [0.25, 0.3) is 0 Å². The third kappa shape index (κ3) is 14.2. The molecule has 0 aromatic rings. The molecular formula is Cl12GeSi4. The van der Waals surface area contributed by atoms with E-state index >= 15 is 0 Å². The van der Waals surface area contributed by atoms with Gasteiger partial charge in [-0.3, -0.25) is 0 Å². The monoisotopic (exact) mass is 605 g/mol. The van der Waals surface area contributed by atoms with Crippen molar-refractivity contribution >= 4 is 165 Å². The topological polar surface area (TPSA) is 0 Å². The molecule has 0 aliphatic carbocycles. The molecule has 104 valence electrons. The van der Waals surface area contributed by atoms with Gasteiger partial charge in [0, 0.05) is 0 Å². The fraction of sp³-hybridized carbons (Fsp3) is 0. The third-order valence-electron chi connectivity index (χ3n) is 0.850. The summed E-state index contributed by atoms with van der Waals surface area (Å²) >= 11 is 49.8. The normalized spacial score (nSPS) is 13.8. The quantitative estimate of drug-likeness (QED) is 0.258. The van der Waals surface area contributed by atoms with Crippen LogP contribution in [0.25, 0.3) is 0 Å². The molecule has 0 nitrogen and oxygen atoms in total. The van der Waals surface area contributed by atoms with Crippen molar-refractivity contribution in [2.75, 3.05) is 0 Å². The van der Waals surface area contributed by atoms with Crippen molar-refractivity contribution in [1.29, 1.82) is 0 Å². The van der Waals surface area contributed by atoms with Gasteiger partial charge in [-0.1, -0.05) is 0 Å². The second kappa shape index (κ2) is 9.90. The summed E-state index contributed by atoms with van der Waals surface area (Å²) in [5, 5.41) is 0. The molecule has 0 heterocycles. The van der Waals surface area contributed by atoms with Crippen LogP contribution in [0.3, 0.4) is 0 Å². The van der Waals surface area contributed by atoms with Crippen molar-refractivity contribution in [3.8, 4) is 0 Å². The molecule has 0 aliphatic heterocycles. The zero-order valence-corrected chi connectivity index (χ0v) is 22.2. The van der Waals surface area contributed by atoms with E-state index in [1.807, 2.05) is 0 Å². The molecule has 0 spiro atoms. The van der Waals surface area contributed by atoms with Gasteiger partial charge in [-0.2, -0.15) is 0 Å². The van der Waals surface area contributed by atoms with Crippen LogP contribution in [-0.4, -0.2) is 35.5 Å². The summed E-state index contributed by atoms with van der Waals surface area (Å²) in [7, 11) is 12.8. The second-order valence-electron chi connectivity index (χ2n) is 2.08. The van der Waals surface area contributed by atoms with E-state index in [1.165, 1.54) is 0 Å². The fourth-order valence-electron chi connectivity index (χ4n) is 0.482. The van der Waals surface area contributed by atoms with Gasteiger partial charge in [-0.25, -0.2) is 0 Å². The molecule has 0 aliphatic rings. The van der Waals surface area contributed by atoms with E-state index in [2.05, 4.69) is 0 Å². The molecule has 0 aromatic carbocycles. The van der Waals surface area contributed by atoms with Crippen LogP contribution >= 0.6 is 130 Å². The molecule has 17 heteroatoms. The summed E-state index contributed by atoms with van der Waals surface area (Å²) in [4.78, 5) is 0. The molecule has 2 radical (unpaired) electrons. The zero-order valence-electron chi connectivity index (χ0n) is 7.04. The summed E-state index contributed by atoms with van der Waals surface area (Å²) < 4.78 is 0. The Labute approximate surface area is 162 Å². The minimum absolute atomic E-state index is 1.92. The Hall–Kier alpha value is 4.89. The van der Waals surface area contributed by atoms with Crippen molar-refractivity contribution in [2.45, 2.75) is 0 Å². The van der Waals surface area contributed by atoms with Gasteiger partial charge in [0.05, 0.1) is 0 Å². The standard InChI is InChI=1S/Cl9Si4.Cl3Ge/c1-11(2,3)10(12(4,5)6)13(7,8)9;1-4(2)3. The molecule has 0 N–H and O–H groups in total. The van der Waals surface area contributed by atoms with Crippen LogP contribution in [0.15, 0.2) is 0 Å². The van der Waals surface area contributed by atoms with Crippen molar-refractivity contribution in [3.05, 3.63) is 0 Å². The fourth-order valence-corrected chi connectivity index (χ4v) is 117. The van der Waals surface area contributed by atoms with Gasteiger partial charge in [0.2, 0.25) is 0 Å². The van der Waals surface area contributed by atoms with Crippen LogP contribution in [0, 0.1) is 0 Å². The Morgan fingerprint density at radius 2 is 0.647 bits per heavy atom. The first-order valence-corrected chi connectivity index (χ1v) is 30.9. The molecule has 0 bridgehead atoms. The molecule has 0 saturated heterocycles. The van der Waals surface area contributed by atoms with E-state index < -0.39 is 35.5 Å². The number of halogens is 12. The number of rotatable bonds is 3. The van der Waals surface area contributed by atoms with Crippen molar-refractivity contribution in [2.24, 2.45) is 0 Å². The van der Waals surface area contributed by atoms with Gasteiger partial charge in [-0.05, 0) is 0 Å². The maximum atomic E-state index is 5.75. The van der Waals surface area contributed by atoms with Crippen molar-refractivity contribution in [3.63, 3.8) is 0 Å². The molecular weight excluding hydrogens is 610 g/mol. The summed E-state index contributed by atoms with van der Waals surface area (Å²) in [5.74, 6) is 0. The van der Waals surface area contributed by atoms with E-state index in [0.29, 0.717) is 0 Å². The predicted molar refractivity (Wildman–Crippen MR) is 99.0 cm³/mol. The summed E-state index contributed by atoms with van der Waals surface area (Å²) in [6.07, 6.45) is 0. The SMILES string of the molecule is Cl[Si](Cl)(Cl)[Si]([Si](Cl)(Cl)Cl)[Si](Cl)(Cl)Cl.[Cl][Ge]([Cl])[Cl].